The SMILES string of the molecule is Nc1c(F)c(NCc2ccc(Cl)cc2)c(F)c2c1c(=O)c(C(=O)O)cn2C1CC1. The van der Waals surface area contributed by atoms with E-state index in [-0.39, 0.29) is 18.1 Å². The minimum Gasteiger partial charge on any atom is -0.477 e. The van der Waals surface area contributed by atoms with Crippen LogP contribution in [0.25, 0.3) is 10.9 Å². The fourth-order valence-corrected chi connectivity index (χ4v) is 3.43. The lowest BCUT2D eigenvalue weighted by atomic mass is 10.1. The van der Waals surface area contributed by atoms with Crippen molar-refractivity contribution in [1.29, 1.82) is 0 Å². The summed E-state index contributed by atoms with van der Waals surface area (Å²) in [6.07, 6.45) is 2.50. The summed E-state index contributed by atoms with van der Waals surface area (Å²) in [5.41, 5.74) is 3.73. The number of nitrogens with two attached hydrogens (primary N) is 1. The van der Waals surface area contributed by atoms with Gasteiger partial charge in [0.1, 0.15) is 11.3 Å². The summed E-state index contributed by atoms with van der Waals surface area (Å²) in [4.78, 5) is 24.0. The molecule has 1 aliphatic carbocycles. The van der Waals surface area contributed by atoms with E-state index in [0.717, 1.165) is 11.8 Å². The molecule has 1 aliphatic rings. The summed E-state index contributed by atoms with van der Waals surface area (Å²) in [5.74, 6) is -3.59. The van der Waals surface area contributed by atoms with Crippen LogP contribution in [-0.4, -0.2) is 15.6 Å². The van der Waals surface area contributed by atoms with Gasteiger partial charge >= 0.3 is 5.97 Å². The first-order valence-electron chi connectivity index (χ1n) is 8.86. The van der Waals surface area contributed by atoms with Crippen LogP contribution in [0.3, 0.4) is 0 Å². The maximum absolute atomic E-state index is 15.4. The molecule has 0 atom stereocenters. The van der Waals surface area contributed by atoms with Gasteiger partial charge in [0.05, 0.1) is 16.6 Å². The van der Waals surface area contributed by atoms with Crippen molar-refractivity contribution in [2.24, 2.45) is 0 Å². The van der Waals surface area contributed by atoms with Crippen molar-refractivity contribution in [3.05, 3.63) is 68.5 Å². The lowest BCUT2D eigenvalue weighted by molar-refractivity contribution is 0.0695. The first-order chi connectivity index (χ1) is 13.8. The van der Waals surface area contributed by atoms with Gasteiger partial charge in [-0.15, -0.1) is 0 Å². The lowest BCUT2D eigenvalue weighted by Crippen LogP contribution is -2.22. The largest absolute Gasteiger partial charge is 0.477 e. The molecule has 2 aromatic carbocycles. The quantitative estimate of drug-likeness (QED) is 0.539. The molecular weight excluding hydrogens is 404 g/mol. The second kappa shape index (κ2) is 7.04. The standard InChI is InChI=1S/C20H16ClF2N3O3/c21-10-3-1-9(2-4-10)7-25-17-14(22)16(24)13-18(15(17)23)26(11-5-6-11)8-12(19(13)27)20(28)29/h1-4,8,11,25H,5-7,24H2,(H,28,29). The van der Waals surface area contributed by atoms with Gasteiger partial charge in [-0.25, -0.2) is 13.6 Å². The number of halogens is 3. The van der Waals surface area contributed by atoms with Crippen molar-refractivity contribution in [3.8, 4) is 0 Å². The summed E-state index contributed by atoms with van der Waals surface area (Å²) in [6.45, 7) is 0.0941. The van der Waals surface area contributed by atoms with Crippen LogP contribution in [0.5, 0.6) is 0 Å². The summed E-state index contributed by atoms with van der Waals surface area (Å²) >= 11 is 5.84. The number of hydrogen-bond donors (Lipinski definition) is 3. The number of aromatic nitrogens is 1. The minimum atomic E-state index is -1.48. The number of carbonyl (C=O) groups is 1. The second-order valence-electron chi connectivity index (χ2n) is 6.94. The Labute approximate surface area is 168 Å². The van der Waals surface area contributed by atoms with Crippen LogP contribution >= 0.6 is 11.6 Å². The number of nitrogens with one attached hydrogen (secondary N) is 1. The highest BCUT2D eigenvalue weighted by molar-refractivity contribution is 6.30. The smallest absolute Gasteiger partial charge is 0.341 e. The molecule has 0 radical (unpaired) electrons. The van der Waals surface area contributed by atoms with E-state index in [1.165, 1.54) is 4.57 Å². The molecule has 9 heteroatoms. The van der Waals surface area contributed by atoms with Gasteiger partial charge in [-0.1, -0.05) is 23.7 Å². The number of hydrogen-bond acceptors (Lipinski definition) is 4. The Morgan fingerprint density at radius 2 is 1.90 bits per heavy atom. The molecule has 0 spiro atoms. The van der Waals surface area contributed by atoms with Crippen LogP contribution in [-0.2, 0) is 6.54 Å². The van der Waals surface area contributed by atoms with Crippen molar-refractivity contribution >= 4 is 39.8 Å². The number of rotatable bonds is 5. The summed E-state index contributed by atoms with van der Waals surface area (Å²) in [7, 11) is 0. The number of aromatic carboxylic acids is 1. The number of benzene rings is 2. The van der Waals surface area contributed by atoms with Gasteiger partial charge in [-0.2, -0.15) is 0 Å². The van der Waals surface area contributed by atoms with Crippen molar-refractivity contribution in [1.82, 2.24) is 4.57 Å². The van der Waals surface area contributed by atoms with Gasteiger partial charge in [0, 0.05) is 23.8 Å². The molecule has 29 heavy (non-hydrogen) atoms. The van der Waals surface area contributed by atoms with E-state index in [1.54, 1.807) is 24.3 Å². The fourth-order valence-electron chi connectivity index (χ4n) is 3.31. The van der Waals surface area contributed by atoms with E-state index in [0.29, 0.717) is 17.9 Å². The van der Waals surface area contributed by atoms with Crippen molar-refractivity contribution in [2.75, 3.05) is 11.1 Å². The third-order valence-electron chi connectivity index (χ3n) is 4.94. The normalized spacial score (nSPS) is 13.6. The van der Waals surface area contributed by atoms with Gasteiger partial charge in [0.2, 0.25) is 5.43 Å². The molecule has 0 unspecified atom stereocenters. The van der Waals surface area contributed by atoms with Crippen molar-refractivity contribution in [2.45, 2.75) is 25.4 Å². The number of fused-ring (bicyclic) bond motifs is 1. The Morgan fingerprint density at radius 1 is 1.24 bits per heavy atom. The highest BCUT2D eigenvalue weighted by Gasteiger charge is 2.31. The van der Waals surface area contributed by atoms with E-state index in [4.69, 9.17) is 17.3 Å². The topological polar surface area (TPSA) is 97.3 Å². The first kappa shape index (κ1) is 19.2. The van der Waals surface area contributed by atoms with Gasteiger partial charge < -0.3 is 20.7 Å². The number of nitrogen functional groups attached to an aromatic ring is 1. The van der Waals surface area contributed by atoms with E-state index in [9.17, 15) is 19.1 Å². The fraction of sp³-hybridized carbons (Fsp3) is 0.200. The molecular formula is C20H16ClF2N3O3. The molecule has 1 fully saturated rings. The van der Waals surface area contributed by atoms with Crippen LogP contribution in [0.2, 0.25) is 5.02 Å². The number of carboxylic acid groups (broad SMARTS) is 1. The highest BCUT2D eigenvalue weighted by Crippen LogP contribution is 2.40. The molecule has 0 aliphatic heterocycles. The summed E-state index contributed by atoms with van der Waals surface area (Å²) in [5, 5.41) is 12.1. The molecule has 0 bridgehead atoms. The number of pyridine rings is 1. The van der Waals surface area contributed by atoms with E-state index in [1.807, 2.05) is 0 Å². The predicted octanol–water partition coefficient (Wildman–Crippen LogP) is 4.16. The van der Waals surface area contributed by atoms with Crippen molar-refractivity contribution in [3.63, 3.8) is 0 Å². The van der Waals surface area contributed by atoms with E-state index in [2.05, 4.69) is 5.32 Å². The maximum Gasteiger partial charge on any atom is 0.341 e. The Hall–Kier alpha value is -3.13. The Bertz CT molecular complexity index is 1200. The Balaban J connectivity index is 1.90. The molecule has 3 aromatic rings. The second-order valence-corrected chi connectivity index (χ2v) is 7.37. The maximum atomic E-state index is 15.4. The van der Waals surface area contributed by atoms with Crippen molar-refractivity contribution < 1.29 is 18.7 Å². The summed E-state index contributed by atoms with van der Waals surface area (Å²) in [6, 6.07) is 6.54. The third kappa shape index (κ3) is 3.29. The predicted molar refractivity (Wildman–Crippen MR) is 107 cm³/mol. The average molecular weight is 420 g/mol. The molecule has 0 saturated heterocycles. The number of carboxylic acids is 1. The zero-order valence-corrected chi connectivity index (χ0v) is 15.8. The minimum absolute atomic E-state index is 0.0941. The molecule has 1 heterocycles. The molecule has 4 N–H and O–H groups in total. The van der Waals surface area contributed by atoms with Crippen LogP contribution in [0, 0.1) is 11.6 Å². The van der Waals surface area contributed by atoms with Crippen LogP contribution < -0.4 is 16.5 Å². The molecule has 150 valence electrons. The summed E-state index contributed by atoms with van der Waals surface area (Å²) < 4.78 is 31.6. The zero-order chi connectivity index (χ0) is 20.9. The number of nitrogens with zero attached hydrogens (tertiary/aromatic N) is 1. The molecule has 1 saturated carbocycles. The van der Waals surface area contributed by atoms with Crippen LogP contribution in [0.15, 0.2) is 35.3 Å². The van der Waals surface area contributed by atoms with Gasteiger partial charge in [-0.3, -0.25) is 4.79 Å². The molecule has 0 amide bonds. The van der Waals surface area contributed by atoms with Gasteiger partial charge in [0.25, 0.3) is 0 Å². The highest BCUT2D eigenvalue weighted by atomic mass is 35.5. The Morgan fingerprint density at radius 3 is 2.48 bits per heavy atom. The monoisotopic (exact) mass is 419 g/mol. The van der Waals surface area contributed by atoms with Gasteiger partial charge in [-0.05, 0) is 30.5 Å². The van der Waals surface area contributed by atoms with E-state index >= 15 is 4.39 Å². The Kier molecular flexibility index (Phi) is 4.66. The molecule has 1 aromatic heterocycles. The average Bonchev–Trinajstić information content (AvgIpc) is 3.52. The van der Waals surface area contributed by atoms with E-state index < -0.39 is 45.4 Å². The zero-order valence-electron chi connectivity index (χ0n) is 15.0. The number of anilines is 2. The third-order valence-corrected chi connectivity index (χ3v) is 5.19. The van der Waals surface area contributed by atoms with Crippen LogP contribution in [0.1, 0.15) is 34.8 Å². The lowest BCUT2D eigenvalue weighted by Gasteiger charge is -2.18. The first-order valence-corrected chi connectivity index (χ1v) is 9.24. The van der Waals surface area contributed by atoms with Crippen LogP contribution in [0.4, 0.5) is 20.2 Å². The molecule has 4 rings (SSSR count). The molecule has 6 nitrogen and oxygen atoms in total. The van der Waals surface area contributed by atoms with Gasteiger partial charge in [0.15, 0.2) is 11.6 Å².